The van der Waals surface area contributed by atoms with E-state index in [9.17, 15) is 5.26 Å². The van der Waals surface area contributed by atoms with E-state index in [0.717, 1.165) is 37.3 Å². The molecule has 0 amide bonds. The molecule has 122 valence electrons. The first-order valence-electron chi connectivity index (χ1n) is 8.41. The summed E-state index contributed by atoms with van der Waals surface area (Å²) in [5.74, 6) is 0.294. The van der Waals surface area contributed by atoms with E-state index in [1.807, 2.05) is 4.68 Å². The Morgan fingerprint density at radius 1 is 1.09 bits per heavy atom. The second-order valence-electron chi connectivity index (χ2n) is 5.55. The zero-order valence-electron chi connectivity index (χ0n) is 14.5. The highest BCUT2D eigenvalue weighted by Gasteiger charge is 2.21. The van der Waals surface area contributed by atoms with Gasteiger partial charge in [-0.1, -0.05) is 19.1 Å². The van der Waals surface area contributed by atoms with Crippen LogP contribution in [-0.2, 0) is 0 Å². The van der Waals surface area contributed by atoms with Gasteiger partial charge in [0.1, 0.15) is 6.07 Å². The van der Waals surface area contributed by atoms with Gasteiger partial charge in [0.25, 0.3) is 0 Å². The molecule has 0 fully saturated rings. The maximum atomic E-state index is 9.33. The van der Waals surface area contributed by atoms with Crippen molar-refractivity contribution in [2.45, 2.75) is 46.5 Å². The highest BCUT2D eigenvalue weighted by molar-refractivity contribution is 5.51. The Bertz CT molecular complexity index is 658. The maximum Gasteiger partial charge on any atom is 0.186 e. The molecule has 2 rings (SSSR count). The van der Waals surface area contributed by atoms with Crippen LogP contribution in [0, 0.1) is 11.3 Å². The lowest BCUT2D eigenvalue weighted by atomic mass is 9.97. The second kappa shape index (κ2) is 7.77. The summed E-state index contributed by atoms with van der Waals surface area (Å²) in [7, 11) is 0. The third-order valence-corrected chi connectivity index (χ3v) is 4.41. The van der Waals surface area contributed by atoms with Gasteiger partial charge in [-0.15, -0.1) is 5.10 Å². The Hall–Kier alpha value is -2.35. The van der Waals surface area contributed by atoms with E-state index >= 15 is 0 Å². The lowest BCUT2D eigenvalue weighted by Crippen LogP contribution is -2.21. The smallest absolute Gasteiger partial charge is 0.186 e. The van der Waals surface area contributed by atoms with Crippen molar-refractivity contribution in [3.05, 3.63) is 35.7 Å². The van der Waals surface area contributed by atoms with Crippen LogP contribution in [0.15, 0.2) is 24.3 Å². The van der Waals surface area contributed by atoms with Crippen LogP contribution in [0.5, 0.6) is 0 Å². The summed E-state index contributed by atoms with van der Waals surface area (Å²) >= 11 is 0. The quantitative estimate of drug-likeness (QED) is 0.778. The molecule has 23 heavy (non-hydrogen) atoms. The van der Waals surface area contributed by atoms with Gasteiger partial charge in [-0.2, -0.15) is 5.26 Å². The fourth-order valence-corrected chi connectivity index (χ4v) is 2.99. The van der Waals surface area contributed by atoms with Gasteiger partial charge < -0.3 is 4.90 Å². The number of rotatable bonds is 7. The molecule has 0 saturated carbocycles. The summed E-state index contributed by atoms with van der Waals surface area (Å²) in [6.45, 7) is 10.5. The predicted molar refractivity (Wildman–Crippen MR) is 93.0 cm³/mol. The number of nitrogens with zero attached hydrogens (tertiary/aromatic N) is 5. The van der Waals surface area contributed by atoms with Crippen molar-refractivity contribution in [2.24, 2.45) is 0 Å². The molecule has 0 aliphatic carbocycles. The summed E-state index contributed by atoms with van der Waals surface area (Å²) in [5.41, 5.74) is 3.51. The molecule has 0 aliphatic heterocycles. The van der Waals surface area contributed by atoms with E-state index in [4.69, 9.17) is 0 Å². The molecule has 0 saturated heterocycles. The molecule has 0 radical (unpaired) electrons. The highest BCUT2D eigenvalue weighted by atomic mass is 15.4. The summed E-state index contributed by atoms with van der Waals surface area (Å²) in [6, 6.07) is 10.5. The van der Waals surface area contributed by atoms with Gasteiger partial charge in [0.2, 0.25) is 0 Å². The van der Waals surface area contributed by atoms with E-state index in [1.54, 1.807) is 0 Å². The Morgan fingerprint density at radius 3 is 2.17 bits per heavy atom. The van der Waals surface area contributed by atoms with Crippen molar-refractivity contribution in [1.82, 2.24) is 15.0 Å². The molecular weight excluding hydrogens is 286 g/mol. The van der Waals surface area contributed by atoms with E-state index < -0.39 is 0 Å². The van der Waals surface area contributed by atoms with Crippen molar-refractivity contribution >= 4 is 5.69 Å². The SMILES string of the molecule is CCC(CC)c1c(C#N)nnn1-c1ccc(N(CC)CC)cc1. The van der Waals surface area contributed by atoms with Gasteiger partial charge in [-0.05, 0) is 51.0 Å². The van der Waals surface area contributed by atoms with Crippen molar-refractivity contribution in [3.63, 3.8) is 0 Å². The minimum absolute atomic E-state index is 0.294. The van der Waals surface area contributed by atoms with Gasteiger partial charge in [-0.3, -0.25) is 0 Å². The van der Waals surface area contributed by atoms with E-state index in [-0.39, 0.29) is 0 Å². The summed E-state index contributed by atoms with van der Waals surface area (Å²) in [6.07, 6.45) is 1.94. The van der Waals surface area contributed by atoms with Crippen molar-refractivity contribution in [3.8, 4) is 11.8 Å². The minimum Gasteiger partial charge on any atom is -0.372 e. The van der Waals surface area contributed by atoms with Gasteiger partial charge in [0.15, 0.2) is 5.69 Å². The van der Waals surface area contributed by atoms with Gasteiger partial charge in [0.05, 0.1) is 11.4 Å². The standard InChI is InChI=1S/C18H25N5/c1-5-14(6-2)18-17(13-19)20-21-23(18)16-11-9-15(10-12-16)22(7-3)8-4/h9-12,14H,5-8H2,1-4H3. The molecule has 5 heteroatoms. The van der Waals surface area contributed by atoms with Gasteiger partial charge >= 0.3 is 0 Å². The molecule has 1 aromatic heterocycles. The Morgan fingerprint density at radius 2 is 1.70 bits per heavy atom. The minimum atomic E-state index is 0.294. The monoisotopic (exact) mass is 311 g/mol. The van der Waals surface area contributed by atoms with Crippen LogP contribution in [0.4, 0.5) is 5.69 Å². The summed E-state index contributed by atoms with van der Waals surface area (Å²) in [5, 5.41) is 17.6. The molecule has 2 aromatic rings. The fraction of sp³-hybridized carbons (Fsp3) is 0.500. The van der Waals surface area contributed by atoms with Crippen molar-refractivity contribution < 1.29 is 0 Å². The second-order valence-corrected chi connectivity index (χ2v) is 5.55. The highest BCUT2D eigenvalue weighted by Crippen LogP contribution is 2.27. The average Bonchev–Trinajstić information content (AvgIpc) is 3.02. The molecule has 1 heterocycles. The molecule has 0 spiro atoms. The Balaban J connectivity index is 2.43. The van der Waals surface area contributed by atoms with E-state index in [2.05, 4.69) is 73.2 Å². The van der Waals surface area contributed by atoms with Crippen LogP contribution in [0.25, 0.3) is 5.69 Å². The fourth-order valence-electron chi connectivity index (χ4n) is 2.99. The molecular formula is C18H25N5. The lowest BCUT2D eigenvalue weighted by molar-refractivity contribution is 0.594. The van der Waals surface area contributed by atoms with Crippen LogP contribution >= 0.6 is 0 Å². The first kappa shape index (κ1) is 17.0. The number of hydrogen-bond donors (Lipinski definition) is 0. The molecule has 5 nitrogen and oxygen atoms in total. The van der Waals surface area contributed by atoms with Crippen molar-refractivity contribution in [2.75, 3.05) is 18.0 Å². The molecule has 0 N–H and O–H groups in total. The van der Waals surface area contributed by atoms with E-state index in [1.165, 1.54) is 5.69 Å². The molecule has 0 bridgehead atoms. The van der Waals surface area contributed by atoms with Crippen LogP contribution in [0.3, 0.4) is 0 Å². The van der Waals surface area contributed by atoms with Crippen molar-refractivity contribution in [1.29, 1.82) is 5.26 Å². The largest absolute Gasteiger partial charge is 0.372 e. The summed E-state index contributed by atoms with van der Waals surface area (Å²) in [4.78, 5) is 2.30. The third-order valence-electron chi connectivity index (χ3n) is 4.41. The Kier molecular flexibility index (Phi) is 5.75. The Labute approximate surface area is 138 Å². The molecule has 0 unspecified atom stereocenters. The maximum absolute atomic E-state index is 9.33. The molecule has 1 aromatic carbocycles. The number of benzene rings is 1. The van der Waals surface area contributed by atoms with Gasteiger partial charge in [-0.25, -0.2) is 4.68 Å². The van der Waals surface area contributed by atoms with Crippen LogP contribution in [-0.4, -0.2) is 28.1 Å². The molecule has 0 atom stereocenters. The van der Waals surface area contributed by atoms with Crippen LogP contribution in [0.1, 0.15) is 57.8 Å². The van der Waals surface area contributed by atoms with E-state index in [0.29, 0.717) is 11.6 Å². The number of nitriles is 1. The van der Waals surface area contributed by atoms with Gasteiger partial charge in [0, 0.05) is 24.7 Å². The first-order chi connectivity index (χ1) is 11.2. The van der Waals surface area contributed by atoms with Crippen LogP contribution in [0.2, 0.25) is 0 Å². The lowest BCUT2D eigenvalue weighted by Gasteiger charge is -2.21. The zero-order chi connectivity index (χ0) is 16.8. The first-order valence-corrected chi connectivity index (χ1v) is 8.41. The topological polar surface area (TPSA) is 57.7 Å². The zero-order valence-corrected chi connectivity index (χ0v) is 14.5. The number of anilines is 1. The summed E-state index contributed by atoms with van der Waals surface area (Å²) < 4.78 is 1.82. The average molecular weight is 311 g/mol. The number of hydrogen-bond acceptors (Lipinski definition) is 4. The predicted octanol–water partition coefficient (Wildman–Crippen LogP) is 3.89. The normalized spacial score (nSPS) is 10.8. The van der Waals surface area contributed by atoms with Crippen LogP contribution < -0.4 is 4.90 Å². The third kappa shape index (κ3) is 3.37. The molecule has 0 aliphatic rings. The number of aromatic nitrogens is 3.